The highest BCUT2D eigenvalue weighted by molar-refractivity contribution is 6.39. The van der Waals surface area contributed by atoms with Crippen molar-refractivity contribution < 1.29 is 23.9 Å². The number of aryl methyl sites for hydroxylation is 1. The molecule has 3 aromatic rings. The maximum atomic E-state index is 12.9. The fourth-order valence-corrected chi connectivity index (χ4v) is 3.57. The topological polar surface area (TPSA) is 92.8 Å². The van der Waals surface area contributed by atoms with Crippen LogP contribution in [0.2, 0.25) is 5.02 Å². The van der Waals surface area contributed by atoms with Gasteiger partial charge >= 0.3 is 5.97 Å². The minimum absolute atomic E-state index is 0.0502. The Labute approximate surface area is 188 Å². The minimum atomic E-state index is -0.788. The molecule has 32 heavy (non-hydrogen) atoms. The van der Waals surface area contributed by atoms with Crippen LogP contribution >= 0.6 is 11.6 Å². The predicted octanol–water partition coefficient (Wildman–Crippen LogP) is 4.24. The lowest BCUT2D eigenvalue weighted by molar-refractivity contribution is -0.119. The number of para-hydroxylation sites is 1. The van der Waals surface area contributed by atoms with Crippen molar-refractivity contribution in [2.75, 3.05) is 16.8 Å². The molecule has 0 saturated heterocycles. The van der Waals surface area contributed by atoms with Crippen molar-refractivity contribution in [1.29, 1.82) is 0 Å². The second-order valence-electron chi connectivity index (χ2n) is 7.15. The van der Waals surface area contributed by atoms with E-state index in [9.17, 15) is 19.2 Å². The molecule has 0 spiro atoms. The molecule has 0 unspecified atom stereocenters. The smallest absolute Gasteiger partial charge is 0.338 e. The second kappa shape index (κ2) is 8.64. The van der Waals surface area contributed by atoms with E-state index in [1.54, 1.807) is 42.5 Å². The lowest BCUT2D eigenvalue weighted by Crippen LogP contribution is -2.29. The third-order valence-electron chi connectivity index (χ3n) is 4.85. The number of anilines is 2. The number of halogens is 1. The third kappa shape index (κ3) is 4.10. The van der Waals surface area contributed by atoms with Gasteiger partial charge in [-0.3, -0.25) is 14.4 Å². The van der Waals surface area contributed by atoms with E-state index in [1.165, 1.54) is 18.2 Å². The van der Waals surface area contributed by atoms with E-state index in [-0.39, 0.29) is 27.4 Å². The maximum absolute atomic E-state index is 12.9. The number of amides is 3. The first-order chi connectivity index (χ1) is 15.3. The molecule has 4 rings (SSSR count). The van der Waals surface area contributed by atoms with E-state index in [0.717, 1.165) is 10.5 Å². The average molecular weight is 449 g/mol. The highest BCUT2D eigenvalue weighted by Crippen LogP contribution is 2.33. The zero-order valence-corrected chi connectivity index (χ0v) is 17.7. The summed E-state index contributed by atoms with van der Waals surface area (Å²) in [5.74, 6) is -2.41. The number of nitrogens with one attached hydrogen (secondary N) is 1. The van der Waals surface area contributed by atoms with Gasteiger partial charge in [0, 0.05) is 5.69 Å². The molecule has 1 heterocycles. The van der Waals surface area contributed by atoms with Crippen molar-refractivity contribution >= 4 is 46.7 Å². The molecule has 0 fully saturated rings. The summed E-state index contributed by atoms with van der Waals surface area (Å²) in [4.78, 5) is 51.0. The standard InChI is InChI=1S/C24H17ClN2O5/c1-14-5-4-6-16(11-14)26-21(28)13-32-24(31)15-9-10-17-18(12-15)23(30)27(22(17)29)20-8-3-2-7-19(20)25/h2-12H,13H2,1H3,(H,26,28). The van der Waals surface area contributed by atoms with Gasteiger partial charge in [-0.15, -0.1) is 0 Å². The fourth-order valence-electron chi connectivity index (χ4n) is 3.35. The molecule has 3 aromatic carbocycles. The molecule has 8 heteroatoms. The van der Waals surface area contributed by atoms with Crippen LogP contribution in [0.15, 0.2) is 66.7 Å². The van der Waals surface area contributed by atoms with Crippen LogP contribution in [0.5, 0.6) is 0 Å². The van der Waals surface area contributed by atoms with Crippen LogP contribution in [-0.2, 0) is 9.53 Å². The van der Waals surface area contributed by atoms with Gasteiger partial charge in [-0.05, 0) is 55.0 Å². The highest BCUT2D eigenvalue weighted by atomic mass is 35.5. The summed E-state index contributed by atoms with van der Waals surface area (Å²) in [6, 6.07) is 17.7. The van der Waals surface area contributed by atoms with Crippen LogP contribution in [-0.4, -0.2) is 30.3 Å². The van der Waals surface area contributed by atoms with E-state index in [4.69, 9.17) is 16.3 Å². The summed E-state index contributed by atoms with van der Waals surface area (Å²) < 4.78 is 5.06. The molecular formula is C24H17ClN2O5. The maximum Gasteiger partial charge on any atom is 0.338 e. The number of benzene rings is 3. The highest BCUT2D eigenvalue weighted by Gasteiger charge is 2.38. The zero-order chi connectivity index (χ0) is 22.8. The first-order valence-corrected chi connectivity index (χ1v) is 10.0. The van der Waals surface area contributed by atoms with Crippen LogP contribution in [0.4, 0.5) is 11.4 Å². The van der Waals surface area contributed by atoms with Gasteiger partial charge in [0.1, 0.15) is 0 Å². The van der Waals surface area contributed by atoms with Crippen molar-refractivity contribution in [2.45, 2.75) is 6.92 Å². The molecule has 0 saturated carbocycles. The molecule has 3 amide bonds. The van der Waals surface area contributed by atoms with Gasteiger partial charge in [0.2, 0.25) is 0 Å². The zero-order valence-electron chi connectivity index (χ0n) is 16.9. The number of carbonyl (C=O) groups is 4. The Kier molecular flexibility index (Phi) is 5.75. The van der Waals surface area contributed by atoms with E-state index >= 15 is 0 Å². The van der Waals surface area contributed by atoms with Crippen molar-refractivity contribution in [1.82, 2.24) is 0 Å². The SMILES string of the molecule is Cc1cccc(NC(=O)COC(=O)c2ccc3c(c2)C(=O)N(c2ccccc2Cl)C3=O)c1. The molecule has 160 valence electrons. The number of fused-ring (bicyclic) bond motifs is 1. The van der Waals surface area contributed by atoms with E-state index in [1.807, 2.05) is 13.0 Å². The summed E-state index contributed by atoms with van der Waals surface area (Å²) >= 11 is 6.14. The summed E-state index contributed by atoms with van der Waals surface area (Å²) in [6.45, 7) is 1.39. The monoisotopic (exact) mass is 448 g/mol. The van der Waals surface area contributed by atoms with E-state index < -0.39 is 30.3 Å². The van der Waals surface area contributed by atoms with E-state index in [2.05, 4.69) is 5.32 Å². The summed E-state index contributed by atoms with van der Waals surface area (Å²) in [5, 5.41) is 2.89. The molecule has 0 aliphatic carbocycles. The number of imide groups is 1. The molecule has 1 aliphatic rings. The summed E-state index contributed by atoms with van der Waals surface area (Å²) in [7, 11) is 0. The molecule has 7 nitrogen and oxygen atoms in total. The number of esters is 1. The summed E-state index contributed by atoms with van der Waals surface area (Å²) in [6.07, 6.45) is 0. The first kappa shape index (κ1) is 21.3. The number of rotatable bonds is 5. The van der Waals surface area contributed by atoms with Crippen LogP contribution in [0.25, 0.3) is 0 Å². The van der Waals surface area contributed by atoms with Crippen LogP contribution < -0.4 is 10.2 Å². The number of ether oxygens (including phenoxy) is 1. The molecule has 0 bridgehead atoms. The Balaban J connectivity index is 1.46. The van der Waals surface area contributed by atoms with Crippen molar-refractivity contribution in [3.8, 4) is 0 Å². The molecule has 1 aliphatic heterocycles. The second-order valence-corrected chi connectivity index (χ2v) is 7.56. The molecular weight excluding hydrogens is 432 g/mol. The van der Waals surface area contributed by atoms with Crippen molar-refractivity contribution in [2.24, 2.45) is 0 Å². The first-order valence-electron chi connectivity index (χ1n) is 9.66. The molecule has 1 N–H and O–H groups in total. The largest absolute Gasteiger partial charge is 0.452 e. The molecule has 0 atom stereocenters. The fraction of sp³-hybridized carbons (Fsp3) is 0.0833. The summed E-state index contributed by atoms with van der Waals surface area (Å²) in [5.41, 5.74) is 2.10. The Bertz CT molecular complexity index is 1270. The number of carbonyl (C=O) groups excluding carboxylic acids is 4. The van der Waals surface area contributed by atoms with Gasteiger partial charge in [-0.2, -0.15) is 0 Å². The molecule has 0 radical (unpaired) electrons. The van der Waals surface area contributed by atoms with Crippen LogP contribution in [0.1, 0.15) is 36.6 Å². The normalized spacial score (nSPS) is 12.5. The quantitative estimate of drug-likeness (QED) is 0.465. The van der Waals surface area contributed by atoms with Gasteiger partial charge in [0.15, 0.2) is 6.61 Å². The Hall–Kier alpha value is -3.97. The van der Waals surface area contributed by atoms with Gasteiger partial charge < -0.3 is 10.1 Å². The number of hydrogen-bond donors (Lipinski definition) is 1. The number of hydrogen-bond acceptors (Lipinski definition) is 5. The third-order valence-corrected chi connectivity index (χ3v) is 5.17. The Morgan fingerprint density at radius 3 is 2.44 bits per heavy atom. The van der Waals surface area contributed by atoms with Crippen LogP contribution in [0, 0.1) is 6.92 Å². The van der Waals surface area contributed by atoms with Gasteiger partial charge in [0.05, 0.1) is 27.4 Å². The minimum Gasteiger partial charge on any atom is -0.452 e. The Morgan fingerprint density at radius 1 is 0.938 bits per heavy atom. The van der Waals surface area contributed by atoms with Gasteiger partial charge in [-0.25, -0.2) is 9.69 Å². The van der Waals surface area contributed by atoms with Crippen molar-refractivity contribution in [3.63, 3.8) is 0 Å². The number of nitrogens with zero attached hydrogens (tertiary/aromatic N) is 1. The predicted molar refractivity (Wildman–Crippen MR) is 119 cm³/mol. The van der Waals surface area contributed by atoms with Crippen molar-refractivity contribution in [3.05, 3.63) is 94.0 Å². The average Bonchev–Trinajstić information content (AvgIpc) is 3.02. The lowest BCUT2D eigenvalue weighted by Gasteiger charge is -2.15. The molecule has 0 aromatic heterocycles. The van der Waals surface area contributed by atoms with Crippen LogP contribution in [0.3, 0.4) is 0 Å². The lowest BCUT2D eigenvalue weighted by atomic mass is 10.1. The Morgan fingerprint density at radius 2 is 1.69 bits per heavy atom. The van der Waals surface area contributed by atoms with Gasteiger partial charge in [0.25, 0.3) is 17.7 Å². The van der Waals surface area contributed by atoms with E-state index in [0.29, 0.717) is 5.69 Å². The van der Waals surface area contributed by atoms with Gasteiger partial charge in [-0.1, -0.05) is 35.9 Å².